The molecule has 0 radical (unpaired) electrons. The number of hydrogen-bond donors (Lipinski definition) is 0. The Morgan fingerprint density at radius 2 is 1.80 bits per heavy atom. The van der Waals surface area contributed by atoms with Crippen molar-refractivity contribution in [1.29, 1.82) is 0 Å². The van der Waals surface area contributed by atoms with Gasteiger partial charge in [0.1, 0.15) is 5.60 Å². The molecule has 0 aromatic carbocycles. The number of amides is 1. The lowest BCUT2D eigenvalue weighted by Crippen LogP contribution is -2.51. The zero-order valence-corrected chi connectivity index (χ0v) is 16.7. The third kappa shape index (κ3) is 6.31. The summed E-state index contributed by atoms with van der Waals surface area (Å²) in [5.41, 5.74) is -0.825. The number of nitrogens with zero attached hydrogens (tertiary/aromatic N) is 2. The molecule has 0 aliphatic carbocycles. The van der Waals surface area contributed by atoms with Gasteiger partial charge in [0, 0.05) is 19.0 Å². The molecule has 0 unspecified atom stereocenters. The molecule has 0 N–H and O–H groups in total. The first kappa shape index (κ1) is 22.0. The number of rotatable bonds is 6. The van der Waals surface area contributed by atoms with Crippen LogP contribution in [-0.2, 0) is 24.5 Å². The Morgan fingerprint density at radius 1 is 1.24 bits per heavy atom. The van der Waals surface area contributed by atoms with E-state index < -0.39 is 21.9 Å². The van der Waals surface area contributed by atoms with Crippen molar-refractivity contribution in [3.8, 4) is 0 Å². The second-order valence-corrected chi connectivity index (χ2v) is 8.91. The lowest BCUT2D eigenvalue weighted by molar-refractivity contribution is -0.149. The van der Waals surface area contributed by atoms with Crippen LogP contribution in [0.4, 0.5) is 4.79 Å². The summed E-state index contributed by atoms with van der Waals surface area (Å²) in [5, 5.41) is 0. The van der Waals surface area contributed by atoms with Crippen LogP contribution in [0, 0.1) is 5.92 Å². The van der Waals surface area contributed by atoms with Gasteiger partial charge in [-0.2, -0.15) is 17.0 Å². The van der Waals surface area contributed by atoms with Gasteiger partial charge in [0.15, 0.2) is 0 Å². The summed E-state index contributed by atoms with van der Waals surface area (Å²) in [6.45, 7) is 7.06. The molecule has 8 nitrogen and oxygen atoms in total. The molecule has 1 fully saturated rings. The van der Waals surface area contributed by atoms with Crippen molar-refractivity contribution in [2.45, 2.75) is 46.1 Å². The molecule has 25 heavy (non-hydrogen) atoms. The van der Waals surface area contributed by atoms with Gasteiger partial charge in [-0.15, -0.1) is 11.6 Å². The largest absolute Gasteiger partial charge is 0.466 e. The van der Waals surface area contributed by atoms with Gasteiger partial charge >= 0.3 is 22.3 Å². The van der Waals surface area contributed by atoms with Crippen LogP contribution in [0.2, 0.25) is 0 Å². The number of carbonyl (C=O) groups excluding carboxylic acids is 2. The molecule has 0 saturated carbocycles. The smallest absolute Gasteiger partial charge is 0.425 e. The van der Waals surface area contributed by atoms with Gasteiger partial charge in [-0.1, -0.05) is 0 Å². The minimum Gasteiger partial charge on any atom is -0.466 e. The Hall–Kier alpha value is -1.06. The molecular formula is C15H27ClN2O6S. The van der Waals surface area contributed by atoms with E-state index in [4.69, 9.17) is 21.1 Å². The Bertz CT molecular complexity index is 567. The van der Waals surface area contributed by atoms with Crippen molar-refractivity contribution in [3.63, 3.8) is 0 Å². The number of halogens is 1. The Labute approximate surface area is 154 Å². The molecule has 1 aliphatic rings. The molecule has 1 saturated heterocycles. The molecule has 0 aromatic heterocycles. The van der Waals surface area contributed by atoms with E-state index in [0.717, 1.165) is 0 Å². The summed E-state index contributed by atoms with van der Waals surface area (Å²) in [6, 6.07) is 0. The zero-order chi connectivity index (χ0) is 19.3. The summed E-state index contributed by atoms with van der Waals surface area (Å²) in [4.78, 5) is 24.0. The molecule has 146 valence electrons. The highest BCUT2D eigenvalue weighted by Crippen LogP contribution is 2.23. The van der Waals surface area contributed by atoms with Crippen LogP contribution in [0.15, 0.2) is 0 Å². The number of alkyl halides is 1. The molecule has 1 amide bonds. The fourth-order valence-electron chi connectivity index (χ4n) is 2.41. The van der Waals surface area contributed by atoms with Crippen LogP contribution in [0.1, 0.15) is 40.5 Å². The number of esters is 1. The van der Waals surface area contributed by atoms with Crippen LogP contribution >= 0.6 is 11.6 Å². The van der Waals surface area contributed by atoms with E-state index in [2.05, 4.69) is 0 Å². The maximum absolute atomic E-state index is 12.8. The lowest BCUT2D eigenvalue weighted by Gasteiger charge is -2.34. The van der Waals surface area contributed by atoms with Gasteiger partial charge in [-0.05, 0) is 40.5 Å². The fraction of sp³-hybridized carbons (Fsp3) is 0.867. The minimum absolute atomic E-state index is 0.0439. The van der Waals surface area contributed by atoms with E-state index >= 15 is 0 Å². The Morgan fingerprint density at radius 3 is 2.24 bits per heavy atom. The summed E-state index contributed by atoms with van der Waals surface area (Å²) in [7, 11) is -4.06. The van der Waals surface area contributed by atoms with Gasteiger partial charge in [-0.3, -0.25) is 4.79 Å². The second kappa shape index (κ2) is 9.05. The monoisotopic (exact) mass is 398 g/mol. The molecule has 0 spiro atoms. The number of piperidine rings is 1. The van der Waals surface area contributed by atoms with Crippen molar-refractivity contribution in [2.75, 3.05) is 32.1 Å². The number of hydrogen-bond acceptors (Lipinski definition) is 6. The highest BCUT2D eigenvalue weighted by molar-refractivity contribution is 7.87. The van der Waals surface area contributed by atoms with Gasteiger partial charge in [0.25, 0.3) is 0 Å². The van der Waals surface area contributed by atoms with Crippen molar-refractivity contribution < 1.29 is 27.5 Å². The number of carbonyl (C=O) groups is 2. The topological polar surface area (TPSA) is 93.2 Å². The van der Waals surface area contributed by atoms with E-state index in [1.807, 2.05) is 0 Å². The minimum atomic E-state index is -4.06. The van der Waals surface area contributed by atoms with Crippen LogP contribution in [0.5, 0.6) is 0 Å². The zero-order valence-electron chi connectivity index (χ0n) is 15.2. The van der Waals surface area contributed by atoms with Gasteiger partial charge in [0.2, 0.25) is 0 Å². The molecule has 0 bridgehead atoms. The highest BCUT2D eigenvalue weighted by Gasteiger charge is 2.39. The van der Waals surface area contributed by atoms with E-state index in [1.165, 1.54) is 4.31 Å². The van der Waals surface area contributed by atoms with Crippen molar-refractivity contribution >= 4 is 33.9 Å². The van der Waals surface area contributed by atoms with E-state index in [-0.39, 0.29) is 37.4 Å². The fourth-order valence-corrected chi connectivity index (χ4v) is 4.18. The van der Waals surface area contributed by atoms with Crippen molar-refractivity contribution in [3.05, 3.63) is 0 Å². The first-order valence-corrected chi connectivity index (χ1v) is 10.2. The maximum Gasteiger partial charge on any atom is 0.425 e. The summed E-state index contributed by atoms with van der Waals surface area (Å²) >= 11 is 5.66. The molecule has 0 atom stereocenters. The third-order valence-corrected chi connectivity index (χ3v) is 5.64. The molecule has 1 heterocycles. The predicted molar refractivity (Wildman–Crippen MR) is 93.5 cm³/mol. The first-order chi connectivity index (χ1) is 11.5. The van der Waals surface area contributed by atoms with Gasteiger partial charge in [-0.25, -0.2) is 4.79 Å². The summed E-state index contributed by atoms with van der Waals surface area (Å²) in [5.74, 6) is -0.684. The summed E-state index contributed by atoms with van der Waals surface area (Å²) in [6.07, 6.45) is -0.261. The van der Waals surface area contributed by atoms with Crippen molar-refractivity contribution in [2.24, 2.45) is 5.92 Å². The quantitative estimate of drug-likeness (QED) is 0.501. The van der Waals surface area contributed by atoms with Crippen LogP contribution in [0.3, 0.4) is 0 Å². The Kier molecular flexibility index (Phi) is 7.95. The van der Waals surface area contributed by atoms with E-state index in [1.54, 1.807) is 27.7 Å². The Balaban J connectivity index is 2.83. The lowest BCUT2D eigenvalue weighted by atomic mass is 9.98. The third-order valence-electron chi connectivity index (χ3n) is 3.56. The average Bonchev–Trinajstić information content (AvgIpc) is 2.51. The average molecular weight is 399 g/mol. The standard InChI is InChI=1S/C15H27ClN2O6S/c1-5-23-13(19)12-6-9-17(10-7-12)25(21,22)18(11-8-16)14(20)24-15(2,3)4/h12H,5-11H2,1-4H3. The molecule has 1 rings (SSSR count). The molecular weight excluding hydrogens is 372 g/mol. The van der Waals surface area contributed by atoms with Crippen LogP contribution in [0.25, 0.3) is 0 Å². The predicted octanol–water partition coefficient (Wildman–Crippen LogP) is 1.98. The number of ether oxygens (including phenoxy) is 2. The first-order valence-electron chi connectivity index (χ1n) is 8.26. The van der Waals surface area contributed by atoms with E-state index in [9.17, 15) is 18.0 Å². The normalized spacial score (nSPS) is 17.2. The van der Waals surface area contributed by atoms with Crippen LogP contribution in [-0.4, -0.2) is 66.8 Å². The SMILES string of the molecule is CCOC(=O)C1CCN(S(=O)(=O)N(CCCl)C(=O)OC(C)(C)C)CC1. The van der Waals surface area contributed by atoms with Crippen LogP contribution < -0.4 is 0 Å². The summed E-state index contributed by atoms with van der Waals surface area (Å²) < 4.78 is 37.5. The van der Waals surface area contributed by atoms with E-state index in [0.29, 0.717) is 23.8 Å². The maximum atomic E-state index is 12.8. The molecule has 10 heteroatoms. The highest BCUT2D eigenvalue weighted by atomic mass is 35.5. The molecule has 0 aromatic rings. The van der Waals surface area contributed by atoms with Crippen molar-refractivity contribution in [1.82, 2.24) is 8.61 Å². The second-order valence-electron chi connectivity index (χ2n) is 6.67. The molecule has 1 aliphatic heterocycles. The van der Waals surface area contributed by atoms with Gasteiger partial charge in [0.05, 0.1) is 19.1 Å². The van der Waals surface area contributed by atoms with Gasteiger partial charge < -0.3 is 9.47 Å².